The Morgan fingerprint density at radius 2 is 2.00 bits per heavy atom. The highest BCUT2D eigenvalue weighted by molar-refractivity contribution is 7.16. The first kappa shape index (κ1) is 7.88. The zero-order valence-corrected chi connectivity index (χ0v) is 6.67. The second kappa shape index (κ2) is 3.83. The van der Waals surface area contributed by atoms with Gasteiger partial charge in [0.2, 0.25) is 0 Å². The molecule has 1 aromatic carbocycles. The van der Waals surface area contributed by atoms with Gasteiger partial charge in [0.15, 0.2) is 0 Å². The van der Waals surface area contributed by atoms with Crippen molar-refractivity contribution in [3.8, 4) is 0 Å². The molecule has 0 fully saturated rings. The molecule has 1 heterocycles. The van der Waals surface area contributed by atoms with Gasteiger partial charge in [0.1, 0.15) is 6.79 Å². The van der Waals surface area contributed by atoms with Gasteiger partial charge in [0, 0.05) is 0 Å². The molecular formula is C8H7NOS. The van der Waals surface area contributed by atoms with E-state index in [1.807, 2.05) is 30.5 Å². The molecule has 0 spiro atoms. The Kier molecular flexibility index (Phi) is 2.74. The van der Waals surface area contributed by atoms with E-state index in [4.69, 9.17) is 4.79 Å². The van der Waals surface area contributed by atoms with Crippen LogP contribution in [0.4, 0.5) is 0 Å². The van der Waals surface area contributed by atoms with Gasteiger partial charge in [-0.25, -0.2) is 4.98 Å². The molecule has 0 radical (unpaired) electrons. The fraction of sp³-hybridized carbons (Fsp3) is 0. The van der Waals surface area contributed by atoms with Crippen LogP contribution in [0.25, 0.3) is 10.2 Å². The number of benzene rings is 1. The van der Waals surface area contributed by atoms with Crippen LogP contribution < -0.4 is 0 Å². The monoisotopic (exact) mass is 165 g/mol. The summed E-state index contributed by atoms with van der Waals surface area (Å²) in [6.45, 7) is 2.00. The summed E-state index contributed by atoms with van der Waals surface area (Å²) in [6, 6.07) is 8.13. The van der Waals surface area contributed by atoms with Crippen molar-refractivity contribution >= 4 is 28.3 Å². The average molecular weight is 165 g/mol. The maximum Gasteiger partial charge on any atom is 0.106 e. The molecule has 56 valence electrons. The largest absolute Gasteiger partial charge is 0.307 e. The SMILES string of the molecule is C=O.c1ccc2scnc2c1. The number of carbonyl (C=O) groups excluding carboxylic acids is 1. The number of carbonyl (C=O) groups is 1. The molecule has 2 rings (SSSR count). The normalized spacial score (nSPS) is 8.73. The predicted octanol–water partition coefficient (Wildman–Crippen LogP) is 2.11. The molecule has 0 amide bonds. The van der Waals surface area contributed by atoms with Crippen molar-refractivity contribution in [2.75, 3.05) is 0 Å². The molecule has 1 aromatic heterocycles. The molecule has 2 nitrogen and oxygen atoms in total. The second-order valence-electron chi connectivity index (χ2n) is 1.82. The number of fused-ring (bicyclic) bond motifs is 1. The highest BCUT2D eigenvalue weighted by atomic mass is 32.1. The molecule has 0 N–H and O–H groups in total. The molecule has 11 heavy (non-hydrogen) atoms. The molecule has 0 aliphatic carbocycles. The summed E-state index contributed by atoms with van der Waals surface area (Å²) < 4.78 is 1.26. The van der Waals surface area contributed by atoms with Crippen molar-refractivity contribution < 1.29 is 4.79 Å². The smallest absolute Gasteiger partial charge is 0.106 e. The number of para-hydroxylation sites is 1. The summed E-state index contributed by atoms with van der Waals surface area (Å²) in [6.07, 6.45) is 0. The Morgan fingerprint density at radius 1 is 1.27 bits per heavy atom. The first-order chi connectivity index (χ1) is 5.47. The lowest BCUT2D eigenvalue weighted by atomic mass is 10.3. The van der Waals surface area contributed by atoms with Crippen LogP contribution in [0, 0.1) is 0 Å². The summed E-state index contributed by atoms with van der Waals surface area (Å²) in [5.74, 6) is 0. The van der Waals surface area contributed by atoms with Gasteiger partial charge >= 0.3 is 0 Å². The van der Waals surface area contributed by atoms with Crippen molar-refractivity contribution in [3.05, 3.63) is 29.8 Å². The van der Waals surface area contributed by atoms with E-state index in [2.05, 4.69) is 11.1 Å². The fourth-order valence-corrected chi connectivity index (χ4v) is 1.48. The quantitative estimate of drug-likeness (QED) is 0.598. The molecule has 0 saturated carbocycles. The third-order valence-electron chi connectivity index (χ3n) is 1.24. The first-order valence-corrected chi connectivity index (χ1v) is 3.92. The van der Waals surface area contributed by atoms with E-state index in [1.165, 1.54) is 4.70 Å². The van der Waals surface area contributed by atoms with Crippen molar-refractivity contribution in [1.29, 1.82) is 0 Å². The Labute approximate surface area is 68.5 Å². The van der Waals surface area contributed by atoms with E-state index in [0.717, 1.165) is 5.52 Å². The Bertz CT molecular complexity index is 301. The van der Waals surface area contributed by atoms with Crippen LogP contribution >= 0.6 is 11.3 Å². The minimum absolute atomic E-state index is 1.10. The molecule has 0 aliphatic heterocycles. The van der Waals surface area contributed by atoms with Gasteiger partial charge in [0.05, 0.1) is 15.7 Å². The van der Waals surface area contributed by atoms with Crippen molar-refractivity contribution in [3.63, 3.8) is 0 Å². The average Bonchev–Trinajstić information content (AvgIpc) is 2.55. The Balaban J connectivity index is 0.000000281. The standard InChI is InChI=1S/C7H5NS.CH2O/c1-2-4-7-6(3-1)8-5-9-7;1-2/h1-5H;1H2. The summed E-state index contributed by atoms with van der Waals surface area (Å²) in [7, 11) is 0. The lowest BCUT2D eigenvalue weighted by Crippen LogP contribution is -1.61. The maximum absolute atomic E-state index is 8.00. The molecule has 0 unspecified atom stereocenters. The van der Waals surface area contributed by atoms with Gasteiger partial charge < -0.3 is 4.79 Å². The van der Waals surface area contributed by atoms with Crippen LogP contribution in [-0.2, 0) is 4.79 Å². The van der Waals surface area contributed by atoms with Crippen molar-refractivity contribution in [2.45, 2.75) is 0 Å². The van der Waals surface area contributed by atoms with E-state index in [9.17, 15) is 0 Å². The van der Waals surface area contributed by atoms with Gasteiger partial charge in [-0.3, -0.25) is 0 Å². The van der Waals surface area contributed by atoms with Crippen LogP contribution in [0.3, 0.4) is 0 Å². The van der Waals surface area contributed by atoms with E-state index < -0.39 is 0 Å². The fourth-order valence-electron chi connectivity index (χ4n) is 0.803. The number of aromatic nitrogens is 1. The topological polar surface area (TPSA) is 30.0 Å². The summed E-state index contributed by atoms with van der Waals surface area (Å²) >= 11 is 1.68. The molecule has 0 bridgehead atoms. The van der Waals surface area contributed by atoms with E-state index in [-0.39, 0.29) is 0 Å². The number of rotatable bonds is 0. The van der Waals surface area contributed by atoms with Crippen molar-refractivity contribution in [2.24, 2.45) is 0 Å². The van der Waals surface area contributed by atoms with Crippen LogP contribution in [0.1, 0.15) is 0 Å². The maximum atomic E-state index is 8.00. The van der Waals surface area contributed by atoms with E-state index >= 15 is 0 Å². The molecule has 0 saturated heterocycles. The predicted molar refractivity (Wildman–Crippen MR) is 46.7 cm³/mol. The number of hydrogen-bond donors (Lipinski definition) is 0. The highest BCUT2D eigenvalue weighted by Gasteiger charge is 1.89. The van der Waals surface area contributed by atoms with Gasteiger partial charge in [0.25, 0.3) is 0 Å². The third kappa shape index (κ3) is 1.62. The zero-order valence-electron chi connectivity index (χ0n) is 5.86. The van der Waals surface area contributed by atoms with E-state index in [0.29, 0.717) is 0 Å². The lowest BCUT2D eigenvalue weighted by molar-refractivity contribution is -0.0979. The summed E-state index contributed by atoms with van der Waals surface area (Å²) in [5.41, 5.74) is 2.97. The van der Waals surface area contributed by atoms with Crippen molar-refractivity contribution in [1.82, 2.24) is 4.98 Å². The van der Waals surface area contributed by atoms with Crippen LogP contribution in [0.2, 0.25) is 0 Å². The molecule has 2 aromatic rings. The molecule has 0 aliphatic rings. The van der Waals surface area contributed by atoms with Crippen LogP contribution in [0.15, 0.2) is 29.8 Å². The van der Waals surface area contributed by atoms with Gasteiger partial charge in [-0.1, -0.05) is 12.1 Å². The van der Waals surface area contributed by atoms with Gasteiger partial charge in [-0.05, 0) is 12.1 Å². The summed E-state index contributed by atoms with van der Waals surface area (Å²) in [4.78, 5) is 12.1. The van der Waals surface area contributed by atoms with Crippen LogP contribution in [0.5, 0.6) is 0 Å². The number of hydrogen-bond acceptors (Lipinski definition) is 3. The van der Waals surface area contributed by atoms with Gasteiger partial charge in [-0.15, -0.1) is 11.3 Å². The summed E-state index contributed by atoms with van der Waals surface area (Å²) in [5, 5.41) is 0. The highest BCUT2D eigenvalue weighted by Crippen LogP contribution is 2.15. The zero-order chi connectivity index (χ0) is 8.10. The number of nitrogens with zero attached hydrogens (tertiary/aromatic N) is 1. The first-order valence-electron chi connectivity index (χ1n) is 3.04. The minimum atomic E-state index is 1.10. The lowest BCUT2D eigenvalue weighted by Gasteiger charge is -1.80. The molecule has 0 atom stereocenters. The second-order valence-corrected chi connectivity index (χ2v) is 2.71. The van der Waals surface area contributed by atoms with Crippen LogP contribution in [-0.4, -0.2) is 11.8 Å². The minimum Gasteiger partial charge on any atom is -0.307 e. The Morgan fingerprint density at radius 3 is 2.73 bits per heavy atom. The Hall–Kier alpha value is -1.22. The van der Waals surface area contributed by atoms with Gasteiger partial charge in [-0.2, -0.15) is 0 Å². The van der Waals surface area contributed by atoms with E-state index in [1.54, 1.807) is 11.3 Å². The number of thiazole rings is 1. The third-order valence-corrected chi connectivity index (χ3v) is 2.05. The molecule has 3 heteroatoms. The molecular weight excluding hydrogens is 158 g/mol.